The molecule has 0 bridgehead atoms. The first-order chi connectivity index (χ1) is 16.6. The van der Waals surface area contributed by atoms with E-state index < -0.39 is 29.7 Å². The molecule has 190 valence electrons. The van der Waals surface area contributed by atoms with Gasteiger partial charge in [0.2, 0.25) is 17.6 Å². The first-order valence-corrected chi connectivity index (χ1v) is 10.9. The molecule has 8 nitrogen and oxygen atoms in total. The molecule has 1 heterocycles. The number of carbonyl (C=O) groups excluding carboxylic acids is 2. The summed E-state index contributed by atoms with van der Waals surface area (Å²) in [5.74, 6) is -0.268. The third-order valence-electron chi connectivity index (χ3n) is 5.53. The van der Waals surface area contributed by atoms with Crippen molar-refractivity contribution in [2.45, 2.75) is 25.2 Å². The molecule has 2 aromatic carbocycles. The Morgan fingerprint density at radius 1 is 1.17 bits per heavy atom. The van der Waals surface area contributed by atoms with Crippen LogP contribution in [0.2, 0.25) is 0 Å². The first kappa shape index (κ1) is 26.1. The van der Waals surface area contributed by atoms with E-state index in [0.29, 0.717) is 22.8 Å². The van der Waals surface area contributed by atoms with Crippen LogP contribution in [0.15, 0.2) is 42.5 Å². The number of benzene rings is 2. The summed E-state index contributed by atoms with van der Waals surface area (Å²) in [5, 5.41) is 12.8. The number of hydrogen-bond acceptors (Lipinski definition) is 6. The first-order valence-electron chi connectivity index (χ1n) is 10.9. The fraction of sp³-hybridized carbons (Fsp3) is 0.417. The summed E-state index contributed by atoms with van der Waals surface area (Å²) in [4.78, 5) is 26.2. The van der Waals surface area contributed by atoms with Gasteiger partial charge in [-0.3, -0.25) is 9.59 Å². The van der Waals surface area contributed by atoms with Gasteiger partial charge < -0.3 is 29.5 Å². The van der Waals surface area contributed by atoms with Crippen LogP contribution in [0.1, 0.15) is 17.5 Å². The average molecular weight is 496 g/mol. The summed E-state index contributed by atoms with van der Waals surface area (Å²) in [5.41, 5.74) is -0.466. The van der Waals surface area contributed by atoms with Crippen LogP contribution in [0.4, 0.5) is 13.2 Å². The van der Waals surface area contributed by atoms with Crippen molar-refractivity contribution in [3.8, 4) is 17.2 Å². The lowest BCUT2D eigenvalue weighted by Gasteiger charge is -2.19. The summed E-state index contributed by atoms with van der Waals surface area (Å²) in [6.07, 6.45) is -5.59. The van der Waals surface area contributed by atoms with Crippen molar-refractivity contribution in [2.75, 3.05) is 33.9 Å². The van der Waals surface area contributed by atoms with E-state index in [1.54, 1.807) is 18.2 Å². The predicted molar refractivity (Wildman–Crippen MR) is 119 cm³/mol. The summed E-state index contributed by atoms with van der Waals surface area (Å²) in [6.45, 7) is -0.216. The Morgan fingerprint density at radius 3 is 2.46 bits per heavy atom. The number of likely N-dealkylation sites (tertiary alicyclic amines) is 1. The number of ether oxygens (including phenoxy) is 3. The van der Waals surface area contributed by atoms with Gasteiger partial charge >= 0.3 is 6.18 Å². The zero-order valence-corrected chi connectivity index (χ0v) is 19.3. The lowest BCUT2D eigenvalue weighted by atomic mass is 10.1. The van der Waals surface area contributed by atoms with Crippen molar-refractivity contribution >= 4 is 11.8 Å². The number of para-hydroxylation sites is 1. The topological polar surface area (TPSA) is 97.3 Å². The van der Waals surface area contributed by atoms with Gasteiger partial charge in [0.25, 0.3) is 0 Å². The maximum absolute atomic E-state index is 12.9. The van der Waals surface area contributed by atoms with Crippen LogP contribution in [0.25, 0.3) is 0 Å². The maximum Gasteiger partial charge on any atom is 0.416 e. The highest BCUT2D eigenvalue weighted by Gasteiger charge is 2.35. The molecule has 1 fully saturated rings. The van der Waals surface area contributed by atoms with E-state index in [-0.39, 0.29) is 38.6 Å². The summed E-state index contributed by atoms with van der Waals surface area (Å²) < 4.78 is 54.8. The fourth-order valence-corrected chi connectivity index (χ4v) is 3.73. The molecule has 1 saturated heterocycles. The normalized spacial score (nSPS) is 16.7. The molecular weight excluding hydrogens is 469 g/mol. The van der Waals surface area contributed by atoms with Gasteiger partial charge in [-0.15, -0.1) is 0 Å². The SMILES string of the molecule is COc1cccc(OC)c1OCC(O)CNC(=O)C1CC(=O)N(Cc2cccc(C(F)(F)F)c2)C1. The van der Waals surface area contributed by atoms with E-state index >= 15 is 0 Å². The van der Waals surface area contributed by atoms with Gasteiger partial charge in [0.1, 0.15) is 12.7 Å². The van der Waals surface area contributed by atoms with Crippen molar-refractivity contribution < 1.29 is 42.1 Å². The molecule has 11 heteroatoms. The number of nitrogens with zero attached hydrogens (tertiary/aromatic N) is 1. The monoisotopic (exact) mass is 496 g/mol. The third-order valence-corrected chi connectivity index (χ3v) is 5.53. The van der Waals surface area contributed by atoms with Gasteiger partial charge in [0.15, 0.2) is 11.5 Å². The number of halogens is 3. The lowest BCUT2D eigenvalue weighted by Crippen LogP contribution is -2.39. The minimum atomic E-state index is -4.48. The molecule has 2 amide bonds. The van der Waals surface area contributed by atoms with E-state index in [0.717, 1.165) is 12.1 Å². The van der Waals surface area contributed by atoms with Gasteiger partial charge in [0, 0.05) is 26.1 Å². The largest absolute Gasteiger partial charge is 0.493 e. The van der Waals surface area contributed by atoms with E-state index in [2.05, 4.69) is 5.32 Å². The molecule has 2 unspecified atom stereocenters. The van der Waals surface area contributed by atoms with Gasteiger partial charge in [-0.25, -0.2) is 0 Å². The molecule has 2 N–H and O–H groups in total. The number of aliphatic hydroxyl groups is 1. The van der Waals surface area contributed by atoms with Crippen LogP contribution in [-0.4, -0.2) is 61.8 Å². The minimum absolute atomic E-state index is 0.0241. The summed E-state index contributed by atoms with van der Waals surface area (Å²) in [6, 6.07) is 9.82. The van der Waals surface area contributed by atoms with Crippen LogP contribution in [0.3, 0.4) is 0 Å². The summed E-state index contributed by atoms with van der Waals surface area (Å²) >= 11 is 0. The van der Waals surface area contributed by atoms with Crippen LogP contribution in [-0.2, 0) is 22.3 Å². The zero-order valence-electron chi connectivity index (χ0n) is 19.3. The number of nitrogens with one attached hydrogen (secondary N) is 1. The molecule has 2 atom stereocenters. The number of hydrogen-bond donors (Lipinski definition) is 2. The highest BCUT2D eigenvalue weighted by molar-refractivity contribution is 5.89. The molecule has 35 heavy (non-hydrogen) atoms. The van der Waals surface area contributed by atoms with Crippen molar-refractivity contribution in [3.05, 3.63) is 53.6 Å². The van der Waals surface area contributed by atoms with Crippen LogP contribution >= 0.6 is 0 Å². The number of aliphatic hydroxyl groups excluding tert-OH is 1. The highest BCUT2D eigenvalue weighted by atomic mass is 19.4. The Labute approximate surface area is 200 Å². The van der Waals surface area contributed by atoms with Crippen LogP contribution in [0.5, 0.6) is 17.2 Å². The molecule has 2 aromatic rings. The Bertz CT molecular complexity index is 1020. The number of carbonyl (C=O) groups is 2. The van der Waals surface area contributed by atoms with Gasteiger partial charge in [-0.1, -0.05) is 18.2 Å². The van der Waals surface area contributed by atoms with E-state index in [1.807, 2.05) is 0 Å². The van der Waals surface area contributed by atoms with Crippen molar-refractivity contribution in [2.24, 2.45) is 5.92 Å². The molecule has 3 rings (SSSR count). The minimum Gasteiger partial charge on any atom is -0.493 e. The standard InChI is InChI=1S/C24H27F3N2O6/c1-33-19-7-4-8-20(34-2)22(19)35-14-18(30)11-28-23(32)16-10-21(31)29(13-16)12-15-5-3-6-17(9-15)24(25,26)27/h3-9,16,18,30H,10-14H2,1-2H3,(H,28,32). The Morgan fingerprint density at radius 2 is 1.83 bits per heavy atom. The lowest BCUT2D eigenvalue weighted by molar-refractivity contribution is -0.137. The van der Waals surface area contributed by atoms with Crippen molar-refractivity contribution in [3.63, 3.8) is 0 Å². The number of rotatable bonds is 10. The smallest absolute Gasteiger partial charge is 0.416 e. The predicted octanol–water partition coefficient (Wildman–Crippen LogP) is 2.63. The van der Waals surface area contributed by atoms with Gasteiger partial charge in [-0.05, 0) is 29.8 Å². The van der Waals surface area contributed by atoms with E-state index in [9.17, 15) is 27.9 Å². The third kappa shape index (κ3) is 6.78. The summed E-state index contributed by atoms with van der Waals surface area (Å²) in [7, 11) is 2.94. The Kier molecular flexibility index (Phi) is 8.44. The molecule has 0 radical (unpaired) electrons. The molecule has 0 aromatic heterocycles. The van der Waals surface area contributed by atoms with Gasteiger partial charge in [0.05, 0.1) is 25.7 Å². The van der Waals surface area contributed by atoms with Crippen LogP contribution in [0, 0.1) is 5.92 Å². The Hall–Kier alpha value is -3.47. The zero-order chi connectivity index (χ0) is 25.6. The van der Waals surface area contributed by atoms with Gasteiger partial charge in [-0.2, -0.15) is 13.2 Å². The average Bonchev–Trinajstić information content (AvgIpc) is 3.20. The van der Waals surface area contributed by atoms with E-state index in [4.69, 9.17) is 14.2 Å². The van der Waals surface area contributed by atoms with Crippen molar-refractivity contribution in [1.82, 2.24) is 10.2 Å². The second kappa shape index (κ2) is 11.3. The van der Waals surface area contributed by atoms with Crippen molar-refractivity contribution in [1.29, 1.82) is 0 Å². The second-order valence-electron chi connectivity index (χ2n) is 8.08. The Balaban J connectivity index is 1.49. The maximum atomic E-state index is 12.9. The molecule has 0 spiro atoms. The fourth-order valence-electron chi connectivity index (χ4n) is 3.73. The quantitative estimate of drug-likeness (QED) is 0.525. The van der Waals surface area contributed by atoms with Crippen LogP contribution < -0.4 is 19.5 Å². The molecule has 0 aliphatic carbocycles. The molecule has 0 saturated carbocycles. The number of amides is 2. The number of alkyl halides is 3. The molecule has 1 aliphatic rings. The highest BCUT2D eigenvalue weighted by Crippen LogP contribution is 2.36. The second-order valence-corrected chi connectivity index (χ2v) is 8.08. The number of methoxy groups -OCH3 is 2. The van der Waals surface area contributed by atoms with E-state index in [1.165, 1.54) is 31.3 Å². The molecule has 1 aliphatic heterocycles. The molecular formula is C24H27F3N2O6.